The van der Waals surface area contributed by atoms with Crippen molar-refractivity contribution < 1.29 is 19.8 Å². The number of aromatic nitrogens is 1. The van der Waals surface area contributed by atoms with E-state index in [2.05, 4.69) is 4.90 Å². The monoisotopic (exact) mass is 445 g/mol. The molecule has 0 saturated carbocycles. The Morgan fingerprint density at radius 3 is 2.21 bits per heavy atom. The first-order valence-electron chi connectivity index (χ1n) is 10.8. The van der Waals surface area contributed by atoms with Gasteiger partial charge in [-0.1, -0.05) is 60.7 Å². The van der Waals surface area contributed by atoms with Gasteiger partial charge in [-0.05, 0) is 17.5 Å². The molecule has 1 saturated heterocycles. The Kier molecular flexibility index (Phi) is 5.22. The largest absolute Gasteiger partial charge is 0.503 e. The zero-order valence-electron chi connectivity index (χ0n) is 17.8. The number of amides is 1. The van der Waals surface area contributed by atoms with Crippen LogP contribution >= 0.6 is 0 Å². The molecular weight excluding hydrogens is 422 g/mol. The predicted octanol–water partition coefficient (Wildman–Crippen LogP) is 2.16. The van der Waals surface area contributed by atoms with Gasteiger partial charge in [-0.2, -0.15) is 0 Å². The smallest absolute Gasteiger partial charge is 0.341 e. The van der Waals surface area contributed by atoms with Crippen molar-refractivity contribution in [1.29, 1.82) is 0 Å². The van der Waals surface area contributed by atoms with Crippen molar-refractivity contribution in [3.05, 3.63) is 99.5 Å². The fourth-order valence-electron chi connectivity index (χ4n) is 4.91. The first-order valence-corrected chi connectivity index (χ1v) is 10.8. The van der Waals surface area contributed by atoms with Crippen LogP contribution in [0.15, 0.2) is 71.7 Å². The lowest BCUT2D eigenvalue weighted by Gasteiger charge is -2.38. The molecule has 5 rings (SSSR count). The summed E-state index contributed by atoms with van der Waals surface area (Å²) in [5.41, 5.74) is 0.446. The summed E-state index contributed by atoms with van der Waals surface area (Å²) in [6.45, 7) is 1.49. The maximum Gasteiger partial charge on any atom is 0.341 e. The van der Waals surface area contributed by atoms with Gasteiger partial charge in [0, 0.05) is 19.3 Å². The summed E-state index contributed by atoms with van der Waals surface area (Å²) < 4.78 is 1.41. The molecular formula is C25H23N3O5. The number of hydrogen-bond acceptors (Lipinski definition) is 5. The molecule has 0 aliphatic carbocycles. The van der Waals surface area contributed by atoms with Gasteiger partial charge in [0.15, 0.2) is 11.4 Å². The molecule has 2 atom stereocenters. The number of pyridine rings is 1. The standard InChI is InChI=1S/C25H23N3O5/c29-22-19(25(32)33)14-27-15-20-26(12-17-9-5-2-6-10-17)13-18(11-16-7-3-1-4-8-16)28(20)24(31)21(27)23(22)30/h1-10,14,18,20,30H,11-13,15H2,(H,32,33)/t18-,20-/m0/s1. The number of carboxylic acids is 1. The molecule has 0 spiro atoms. The van der Waals surface area contributed by atoms with Crippen LogP contribution in [0.4, 0.5) is 0 Å². The highest BCUT2D eigenvalue weighted by Gasteiger charge is 2.47. The Morgan fingerprint density at radius 1 is 0.939 bits per heavy atom. The maximum absolute atomic E-state index is 13.6. The number of rotatable bonds is 5. The number of carbonyl (C=O) groups is 2. The molecule has 1 amide bonds. The highest BCUT2D eigenvalue weighted by molar-refractivity contribution is 5.98. The van der Waals surface area contributed by atoms with E-state index in [1.165, 1.54) is 10.8 Å². The van der Waals surface area contributed by atoms with E-state index >= 15 is 0 Å². The lowest BCUT2D eigenvalue weighted by atomic mass is 10.0. The number of nitrogens with zero attached hydrogens (tertiary/aromatic N) is 3. The molecule has 3 aromatic rings. The quantitative estimate of drug-likeness (QED) is 0.624. The molecule has 33 heavy (non-hydrogen) atoms. The summed E-state index contributed by atoms with van der Waals surface area (Å²) in [6.07, 6.45) is 1.47. The number of fused-ring (bicyclic) bond motifs is 2. The molecule has 2 aromatic carbocycles. The third-order valence-electron chi connectivity index (χ3n) is 6.41. The van der Waals surface area contributed by atoms with Crippen LogP contribution < -0.4 is 5.43 Å². The van der Waals surface area contributed by atoms with Crippen molar-refractivity contribution in [3.8, 4) is 5.75 Å². The summed E-state index contributed by atoms with van der Waals surface area (Å²) in [4.78, 5) is 41.4. The molecule has 2 N–H and O–H groups in total. The van der Waals surface area contributed by atoms with Crippen LogP contribution in [-0.2, 0) is 19.5 Å². The average Bonchev–Trinajstić information content (AvgIpc) is 3.14. The molecule has 8 heteroatoms. The van der Waals surface area contributed by atoms with Gasteiger partial charge >= 0.3 is 5.97 Å². The molecule has 3 heterocycles. The van der Waals surface area contributed by atoms with Crippen molar-refractivity contribution in [3.63, 3.8) is 0 Å². The normalized spacial score (nSPS) is 19.9. The summed E-state index contributed by atoms with van der Waals surface area (Å²) in [5.74, 6) is -2.71. The average molecular weight is 445 g/mol. The van der Waals surface area contributed by atoms with Gasteiger partial charge < -0.3 is 19.7 Å². The SMILES string of the molecule is O=C(O)c1cn2c(c(O)c1=O)C(=O)N1[C@@H](Cc3ccccc3)CN(Cc3ccccc3)[C@@H]1C2. The van der Waals surface area contributed by atoms with Gasteiger partial charge in [-0.25, -0.2) is 4.79 Å². The summed E-state index contributed by atoms with van der Waals surface area (Å²) in [6, 6.07) is 19.7. The van der Waals surface area contributed by atoms with Gasteiger partial charge in [0.2, 0.25) is 5.43 Å². The lowest BCUT2D eigenvalue weighted by Crippen LogP contribution is -2.52. The van der Waals surface area contributed by atoms with Crippen molar-refractivity contribution in [1.82, 2.24) is 14.4 Å². The summed E-state index contributed by atoms with van der Waals surface area (Å²) in [5, 5.41) is 19.9. The zero-order chi connectivity index (χ0) is 23.1. The Hall–Kier alpha value is -3.91. The number of carbonyl (C=O) groups excluding carboxylic acids is 1. The highest BCUT2D eigenvalue weighted by atomic mass is 16.4. The van der Waals surface area contributed by atoms with Crippen LogP contribution in [0.1, 0.15) is 32.0 Å². The van der Waals surface area contributed by atoms with E-state index in [9.17, 15) is 24.6 Å². The molecule has 1 fully saturated rings. The number of aromatic carboxylic acids is 1. The molecule has 2 aliphatic rings. The third kappa shape index (κ3) is 3.68. The van der Waals surface area contributed by atoms with E-state index in [4.69, 9.17) is 0 Å². The molecule has 8 nitrogen and oxygen atoms in total. The molecule has 0 bridgehead atoms. The first-order chi connectivity index (χ1) is 15.9. The van der Waals surface area contributed by atoms with Gasteiger partial charge in [-0.3, -0.25) is 14.5 Å². The second kappa shape index (κ2) is 8.22. The van der Waals surface area contributed by atoms with E-state index in [-0.39, 0.29) is 24.4 Å². The molecule has 0 unspecified atom stereocenters. The Labute approximate surface area is 189 Å². The minimum absolute atomic E-state index is 0.152. The van der Waals surface area contributed by atoms with Crippen LogP contribution in [0.5, 0.6) is 5.75 Å². The molecule has 2 aliphatic heterocycles. The fraction of sp³-hybridized carbons (Fsp3) is 0.240. The lowest BCUT2D eigenvalue weighted by molar-refractivity contribution is 0.0427. The van der Waals surface area contributed by atoms with E-state index < -0.39 is 28.6 Å². The predicted molar refractivity (Wildman–Crippen MR) is 120 cm³/mol. The third-order valence-corrected chi connectivity index (χ3v) is 6.41. The molecule has 168 valence electrons. The van der Waals surface area contributed by atoms with Crippen LogP contribution in [-0.4, -0.2) is 55.2 Å². The van der Waals surface area contributed by atoms with E-state index in [1.54, 1.807) is 4.90 Å². The van der Waals surface area contributed by atoms with Crippen LogP contribution in [0.3, 0.4) is 0 Å². The minimum atomic E-state index is -1.44. The van der Waals surface area contributed by atoms with E-state index in [1.807, 2.05) is 60.7 Å². The van der Waals surface area contributed by atoms with Crippen LogP contribution in [0.25, 0.3) is 0 Å². The van der Waals surface area contributed by atoms with Crippen LogP contribution in [0, 0.1) is 0 Å². The van der Waals surface area contributed by atoms with Crippen molar-refractivity contribution in [2.24, 2.45) is 0 Å². The van der Waals surface area contributed by atoms with Gasteiger partial charge in [0.1, 0.15) is 11.7 Å². The Balaban J connectivity index is 1.56. The molecule has 0 radical (unpaired) electrons. The summed E-state index contributed by atoms with van der Waals surface area (Å²) >= 11 is 0. The van der Waals surface area contributed by atoms with Crippen molar-refractivity contribution >= 4 is 11.9 Å². The number of benzene rings is 2. The number of aromatic hydroxyl groups is 1. The van der Waals surface area contributed by atoms with E-state index in [0.29, 0.717) is 19.5 Å². The van der Waals surface area contributed by atoms with Crippen molar-refractivity contribution in [2.75, 3.05) is 6.54 Å². The number of carboxylic acid groups (broad SMARTS) is 1. The van der Waals surface area contributed by atoms with Gasteiger partial charge in [0.05, 0.1) is 12.6 Å². The van der Waals surface area contributed by atoms with Gasteiger partial charge in [0.25, 0.3) is 5.91 Å². The fourth-order valence-corrected chi connectivity index (χ4v) is 4.91. The Morgan fingerprint density at radius 2 is 1.58 bits per heavy atom. The zero-order valence-corrected chi connectivity index (χ0v) is 17.8. The van der Waals surface area contributed by atoms with Crippen LogP contribution in [0.2, 0.25) is 0 Å². The maximum atomic E-state index is 13.6. The second-order valence-electron chi connectivity index (χ2n) is 8.48. The first kappa shape index (κ1) is 21.0. The second-order valence-corrected chi connectivity index (χ2v) is 8.48. The highest BCUT2D eigenvalue weighted by Crippen LogP contribution is 2.33. The van der Waals surface area contributed by atoms with Crippen molar-refractivity contribution in [2.45, 2.75) is 31.7 Å². The van der Waals surface area contributed by atoms with Gasteiger partial charge in [-0.15, -0.1) is 0 Å². The topological polar surface area (TPSA) is 103 Å². The minimum Gasteiger partial charge on any atom is -0.503 e. The Bertz CT molecular complexity index is 1270. The summed E-state index contributed by atoms with van der Waals surface area (Å²) in [7, 11) is 0. The van der Waals surface area contributed by atoms with E-state index in [0.717, 1.165) is 11.1 Å². The number of hydrogen-bond donors (Lipinski definition) is 2. The molecule has 1 aromatic heterocycles.